The molecule has 0 bridgehead atoms. The van der Waals surface area contributed by atoms with Gasteiger partial charge < -0.3 is 20.1 Å². The minimum atomic E-state index is -0.274. The number of anilines is 2. The van der Waals surface area contributed by atoms with Crippen LogP contribution in [0.5, 0.6) is 11.5 Å². The van der Waals surface area contributed by atoms with Gasteiger partial charge in [0.1, 0.15) is 11.5 Å². The Bertz CT molecular complexity index is 683. The van der Waals surface area contributed by atoms with Gasteiger partial charge in [0, 0.05) is 24.4 Å². The SMILES string of the molecule is COc1cccc(NC(=O)COc2ccc(NC(C)=O)cc2)c1. The van der Waals surface area contributed by atoms with Gasteiger partial charge in [0.15, 0.2) is 6.61 Å². The van der Waals surface area contributed by atoms with Crippen LogP contribution in [0.15, 0.2) is 48.5 Å². The second kappa shape index (κ2) is 7.84. The van der Waals surface area contributed by atoms with Crippen molar-refractivity contribution < 1.29 is 19.1 Å². The second-order valence-electron chi connectivity index (χ2n) is 4.77. The summed E-state index contributed by atoms with van der Waals surface area (Å²) in [5.41, 5.74) is 1.31. The summed E-state index contributed by atoms with van der Waals surface area (Å²) in [6, 6.07) is 13.9. The summed E-state index contributed by atoms with van der Waals surface area (Å²) in [4.78, 5) is 22.8. The molecule has 0 aromatic heterocycles. The van der Waals surface area contributed by atoms with Crippen LogP contribution in [0.25, 0.3) is 0 Å². The van der Waals surface area contributed by atoms with Gasteiger partial charge in [0.05, 0.1) is 7.11 Å². The van der Waals surface area contributed by atoms with Crippen molar-refractivity contribution in [2.75, 3.05) is 24.4 Å². The van der Waals surface area contributed by atoms with Crippen molar-refractivity contribution in [1.29, 1.82) is 0 Å². The molecule has 0 aliphatic carbocycles. The average molecular weight is 314 g/mol. The van der Waals surface area contributed by atoms with E-state index in [4.69, 9.17) is 9.47 Å². The van der Waals surface area contributed by atoms with Gasteiger partial charge in [-0.3, -0.25) is 9.59 Å². The number of methoxy groups -OCH3 is 1. The molecule has 0 aliphatic rings. The van der Waals surface area contributed by atoms with Gasteiger partial charge in [-0.2, -0.15) is 0 Å². The number of amides is 2. The van der Waals surface area contributed by atoms with E-state index in [2.05, 4.69) is 10.6 Å². The van der Waals surface area contributed by atoms with Crippen LogP contribution in [0.1, 0.15) is 6.92 Å². The number of carbonyl (C=O) groups excluding carboxylic acids is 2. The highest BCUT2D eigenvalue weighted by molar-refractivity contribution is 5.92. The number of hydrogen-bond acceptors (Lipinski definition) is 4. The predicted octanol–water partition coefficient (Wildman–Crippen LogP) is 2.67. The lowest BCUT2D eigenvalue weighted by molar-refractivity contribution is -0.118. The minimum absolute atomic E-state index is 0.114. The molecule has 2 amide bonds. The lowest BCUT2D eigenvalue weighted by Crippen LogP contribution is -2.20. The molecule has 6 nitrogen and oxygen atoms in total. The Morgan fingerprint density at radius 2 is 1.70 bits per heavy atom. The summed E-state index contributed by atoms with van der Waals surface area (Å²) in [7, 11) is 1.56. The summed E-state index contributed by atoms with van der Waals surface area (Å²) in [5, 5.41) is 5.38. The van der Waals surface area contributed by atoms with E-state index in [1.54, 1.807) is 55.6 Å². The normalized spacial score (nSPS) is 9.83. The van der Waals surface area contributed by atoms with Crippen LogP contribution in [-0.4, -0.2) is 25.5 Å². The fraction of sp³-hybridized carbons (Fsp3) is 0.176. The van der Waals surface area contributed by atoms with Crippen LogP contribution in [0.4, 0.5) is 11.4 Å². The molecular formula is C17H18N2O4. The maximum atomic E-state index is 11.9. The molecule has 0 saturated heterocycles. The van der Waals surface area contributed by atoms with Crippen LogP contribution < -0.4 is 20.1 Å². The fourth-order valence-corrected chi connectivity index (χ4v) is 1.88. The van der Waals surface area contributed by atoms with Crippen molar-refractivity contribution in [3.8, 4) is 11.5 Å². The molecule has 120 valence electrons. The van der Waals surface area contributed by atoms with Gasteiger partial charge in [0.25, 0.3) is 5.91 Å². The molecule has 2 aromatic carbocycles. The summed E-state index contributed by atoms with van der Waals surface area (Å²) < 4.78 is 10.5. The molecule has 0 radical (unpaired) electrons. The molecule has 0 heterocycles. The highest BCUT2D eigenvalue weighted by Crippen LogP contribution is 2.17. The van der Waals surface area contributed by atoms with Crippen molar-refractivity contribution in [1.82, 2.24) is 0 Å². The first-order chi connectivity index (χ1) is 11.1. The summed E-state index contributed by atoms with van der Waals surface area (Å²) in [6.45, 7) is 1.32. The van der Waals surface area contributed by atoms with Crippen molar-refractivity contribution >= 4 is 23.2 Å². The van der Waals surface area contributed by atoms with E-state index in [0.29, 0.717) is 22.9 Å². The first kappa shape index (κ1) is 16.4. The van der Waals surface area contributed by atoms with E-state index in [-0.39, 0.29) is 18.4 Å². The zero-order valence-electron chi connectivity index (χ0n) is 13.0. The Balaban J connectivity index is 1.85. The van der Waals surface area contributed by atoms with Crippen molar-refractivity contribution in [3.63, 3.8) is 0 Å². The average Bonchev–Trinajstić information content (AvgIpc) is 2.54. The molecule has 0 atom stereocenters. The predicted molar refractivity (Wildman–Crippen MR) is 87.9 cm³/mol. The van der Waals surface area contributed by atoms with E-state index in [9.17, 15) is 9.59 Å². The Morgan fingerprint density at radius 1 is 0.957 bits per heavy atom. The van der Waals surface area contributed by atoms with Crippen LogP contribution in [0.2, 0.25) is 0 Å². The molecule has 2 rings (SSSR count). The van der Waals surface area contributed by atoms with Crippen molar-refractivity contribution in [2.24, 2.45) is 0 Å². The van der Waals surface area contributed by atoms with Gasteiger partial charge >= 0.3 is 0 Å². The highest BCUT2D eigenvalue weighted by Gasteiger charge is 2.05. The molecule has 2 aromatic rings. The number of benzene rings is 2. The van der Waals surface area contributed by atoms with Crippen molar-refractivity contribution in [3.05, 3.63) is 48.5 Å². The summed E-state index contributed by atoms with van der Waals surface area (Å²) in [6.07, 6.45) is 0. The number of carbonyl (C=O) groups is 2. The monoisotopic (exact) mass is 314 g/mol. The summed E-state index contributed by atoms with van der Waals surface area (Å²) in [5.74, 6) is 0.790. The van der Waals surface area contributed by atoms with E-state index in [1.165, 1.54) is 6.92 Å². The molecular weight excluding hydrogens is 296 g/mol. The lowest BCUT2D eigenvalue weighted by atomic mass is 10.3. The molecule has 0 spiro atoms. The number of rotatable bonds is 6. The molecule has 2 N–H and O–H groups in total. The van der Waals surface area contributed by atoms with Gasteiger partial charge in [-0.25, -0.2) is 0 Å². The van der Waals surface area contributed by atoms with Crippen LogP contribution in [0.3, 0.4) is 0 Å². The summed E-state index contributed by atoms with van der Waals surface area (Å²) >= 11 is 0. The number of ether oxygens (including phenoxy) is 2. The zero-order valence-corrected chi connectivity index (χ0v) is 13.0. The van der Waals surface area contributed by atoms with E-state index < -0.39 is 0 Å². The number of nitrogens with one attached hydrogen (secondary N) is 2. The molecule has 0 unspecified atom stereocenters. The van der Waals surface area contributed by atoms with Gasteiger partial charge in [-0.15, -0.1) is 0 Å². The van der Waals surface area contributed by atoms with Crippen LogP contribution in [0, 0.1) is 0 Å². The van der Waals surface area contributed by atoms with E-state index in [0.717, 1.165) is 0 Å². The third-order valence-corrected chi connectivity index (χ3v) is 2.90. The van der Waals surface area contributed by atoms with E-state index in [1.807, 2.05) is 0 Å². The smallest absolute Gasteiger partial charge is 0.262 e. The first-order valence-electron chi connectivity index (χ1n) is 7.01. The van der Waals surface area contributed by atoms with Crippen molar-refractivity contribution in [2.45, 2.75) is 6.92 Å². The van der Waals surface area contributed by atoms with Gasteiger partial charge in [-0.05, 0) is 36.4 Å². The first-order valence-corrected chi connectivity index (χ1v) is 7.01. The topological polar surface area (TPSA) is 76.7 Å². The zero-order chi connectivity index (χ0) is 16.7. The standard InChI is InChI=1S/C17H18N2O4/c1-12(20)18-13-6-8-15(9-7-13)23-11-17(21)19-14-4-3-5-16(10-14)22-2/h3-10H,11H2,1-2H3,(H,18,20)(H,19,21). The second-order valence-corrected chi connectivity index (χ2v) is 4.77. The third kappa shape index (κ3) is 5.35. The maximum Gasteiger partial charge on any atom is 0.262 e. The van der Waals surface area contributed by atoms with E-state index >= 15 is 0 Å². The molecule has 6 heteroatoms. The Kier molecular flexibility index (Phi) is 5.57. The highest BCUT2D eigenvalue weighted by atomic mass is 16.5. The van der Waals surface area contributed by atoms with Crippen LogP contribution in [-0.2, 0) is 9.59 Å². The number of hydrogen-bond donors (Lipinski definition) is 2. The molecule has 0 saturated carbocycles. The molecule has 0 aliphatic heterocycles. The lowest BCUT2D eigenvalue weighted by Gasteiger charge is -2.09. The maximum absolute atomic E-state index is 11.9. The molecule has 0 fully saturated rings. The Hall–Kier alpha value is -3.02. The fourth-order valence-electron chi connectivity index (χ4n) is 1.88. The van der Waals surface area contributed by atoms with Crippen LogP contribution >= 0.6 is 0 Å². The largest absolute Gasteiger partial charge is 0.497 e. The van der Waals surface area contributed by atoms with Gasteiger partial charge in [0.2, 0.25) is 5.91 Å². The Labute approximate surface area is 134 Å². The third-order valence-electron chi connectivity index (χ3n) is 2.90. The van der Waals surface area contributed by atoms with Gasteiger partial charge in [-0.1, -0.05) is 6.07 Å². The Morgan fingerprint density at radius 3 is 2.35 bits per heavy atom. The minimum Gasteiger partial charge on any atom is -0.497 e. The molecule has 23 heavy (non-hydrogen) atoms. The quantitative estimate of drug-likeness (QED) is 0.859.